The predicted molar refractivity (Wildman–Crippen MR) is 152 cm³/mol. The summed E-state index contributed by atoms with van der Waals surface area (Å²) in [5.41, 5.74) is 6.89. The van der Waals surface area contributed by atoms with Gasteiger partial charge in [-0.2, -0.15) is 0 Å². The normalized spacial score (nSPS) is 13.4. The number of aryl methyl sites for hydroxylation is 1. The zero-order valence-electron chi connectivity index (χ0n) is 23.5. The van der Waals surface area contributed by atoms with Crippen LogP contribution in [0.1, 0.15) is 41.0 Å². The maximum absolute atomic E-state index is 12.8. The second-order valence-corrected chi connectivity index (χ2v) is 27.0. The Labute approximate surface area is 232 Å². The SMILES string of the molecule is CC(C)N(CCCn1c(Sc2cc3c(c[c]2[Sn]([CH3])([CH3])[CH3])OCO3)nc2c(N)ncnc21)C(=O)OC(C)(C)C. The second kappa shape index (κ2) is 11.0. The van der Waals surface area contributed by atoms with Gasteiger partial charge in [0.1, 0.15) is 0 Å². The van der Waals surface area contributed by atoms with Crippen molar-refractivity contribution in [3.63, 3.8) is 0 Å². The van der Waals surface area contributed by atoms with Crippen molar-refractivity contribution in [2.45, 2.75) is 84.1 Å². The van der Waals surface area contributed by atoms with Crippen LogP contribution in [0.2, 0.25) is 14.8 Å². The molecule has 0 spiro atoms. The van der Waals surface area contributed by atoms with E-state index in [-0.39, 0.29) is 18.9 Å². The summed E-state index contributed by atoms with van der Waals surface area (Å²) >= 11 is -0.961. The van der Waals surface area contributed by atoms with Crippen LogP contribution >= 0.6 is 11.8 Å². The molecule has 38 heavy (non-hydrogen) atoms. The molecule has 2 aromatic heterocycles. The fourth-order valence-electron chi connectivity index (χ4n) is 4.19. The van der Waals surface area contributed by atoms with E-state index in [0.29, 0.717) is 36.5 Å². The van der Waals surface area contributed by atoms with E-state index in [1.165, 1.54) is 9.91 Å². The minimum absolute atomic E-state index is 0.00618. The summed E-state index contributed by atoms with van der Waals surface area (Å²) in [6.45, 7) is 11.0. The summed E-state index contributed by atoms with van der Waals surface area (Å²) in [4.78, 5) is 36.3. The van der Waals surface area contributed by atoms with Gasteiger partial charge in [-0.1, -0.05) is 0 Å². The number of nitrogens with zero attached hydrogens (tertiary/aromatic N) is 5. The topological polar surface area (TPSA) is 118 Å². The Morgan fingerprint density at radius 2 is 1.89 bits per heavy atom. The van der Waals surface area contributed by atoms with Gasteiger partial charge in [-0.15, -0.1) is 0 Å². The fraction of sp³-hybridized carbons (Fsp3) is 0.538. The molecule has 0 atom stereocenters. The summed E-state index contributed by atoms with van der Waals surface area (Å²) in [5, 5.41) is 0.774. The first-order valence-corrected chi connectivity index (χ1v) is 23.6. The first-order chi connectivity index (χ1) is 17.7. The third kappa shape index (κ3) is 6.41. The third-order valence-electron chi connectivity index (χ3n) is 6.04. The van der Waals surface area contributed by atoms with Gasteiger partial charge >= 0.3 is 213 Å². The molecule has 3 heterocycles. The van der Waals surface area contributed by atoms with Crippen LogP contribution in [0.5, 0.6) is 11.5 Å². The number of fused-ring (bicyclic) bond motifs is 2. The molecule has 0 unspecified atom stereocenters. The zero-order chi connectivity index (χ0) is 27.8. The van der Waals surface area contributed by atoms with Crippen molar-refractivity contribution in [3.8, 4) is 11.5 Å². The van der Waals surface area contributed by atoms with Crippen LogP contribution in [0.3, 0.4) is 0 Å². The molecule has 1 aliphatic heterocycles. The van der Waals surface area contributed by atoms with Gasteiger partial charge in [0.15, 0.2) is 0 Å². The Bertz CT molecular complexity index is 1330. The number of imidazole rings is 1. The molecule has 3 aromatic rings. The molecule has 0 bridgehead atoms. The monoisotopic (exact) mass is 650 g/mol. The summed E-state index contributed by atoms with van der Waals surface area (Å²) in [6.07, 6.45) is 1.84. The summed E-state index contributed by atoms with van der Waals surface area (Å²) in [6, 6.07) is 4.21. The van der Waals surface area contributed by atoms with Gasteiger partial charge in [0.05, 0.1) is 0 Å². The Hall–Kier alpha value is -2.41. The molecule has 1 amide bonds. The van der Waals surface area contributed by atoms with Crippen LogP contribution in [-0.4, -0.2) is 73.9 Å². The molecule has 12 heteroatoms. The van der Waals surface area contributed by atoms with Crippen molar-refractivity contribution in [1.82, 2.24) is 24.4 Å². The van der Waals surface area contributed by atoms with Gasteiger partial charge in [0, 0.05) is 0 Å². The number of anilines is 1. The number of benzene rings is 1. The van der Waals surface area contributed by atoms with Gasteiger partial charge < -0.3 is 0 Å². The Morgan fingerprint density at radius 1 is 1.21 bits per heavy atom. The quantitative estimate of drug-likeness (QED) is 0.341. The maximum atomic E-state index is 12.8. The van der Waals surface area contributed by atoms with Gasteiger partial charge in [-0.3, -0.25) is 0 Å². The fourth-order valence-corrected chi connectivity index (χ4v) is 11.6. The van der Waals surface area contributed by atoms with E-state index >= 15 is 0 Å². The number of nitrogens with two attached hydrogens (primary N) is 1. The molecule has 0 saturated heterocycles. The van der Waals surface area contributed by atoms with E-state index in [1.54, 1.807) is 16.7 Å². The van der Waals surface area contributed by atoms with E-state index < -0.39 is 24.0 Å². The average Bonchev–Trinajstić information content (AvgIpc) is 3.39. The molecule has 1 aromatic carbocycles. The number of carbonyl (C=O) groups excluding carboxylic acids is 1. The van der Waals surface area contributed by atoms with Gasteiger partial charge in [-0.25, -0.2) is 0 Å². The Balaban J connectivity index is 1.65. The minimum atomic E-state index is -2.55. The van der Waals surface area contributed by atoms with Crippen LogP contribution in [0, 0.1) is 0 Å². The van der Waals surface area contributed by atoms with Crippen molar-refractivity contribution < 1.29 is 19.0 Å². The number of amides is 1. The van der Waals surface area contributed by atoms with E-state index in [4.69, 9.17) is 24.9 Å². The molecular formula is C26H38N6O4SSn. The van der Waals surface area contributed by atoms with Crippen molar-refractivity contribution in [3.05, 3.63) is 18.5 Å². The molecule has 1 aliphatic rings. The molecule has 0 radical (unpaired) electrons. The molecule has 0 aliphatic carbocycles. The molecule has 4 rings (SSSR count). The Morgan fingerprint density at radius 3 is 2.53 bits per heavy atom. The van der Waals surface area contributed by atoms with Crippen LogP contribution in [-0.2, 0) is 11.3 Å². The molecule has 0 fully saturated rings. The smallest absolute Gasteiger partial charge is 0.0253 e. The molecule has 10 nitrogen and oxygen atoms in total. The minimum Gasteiger partial charge on any atom is -0.0253 e. The number of aromatic nitrogens is 4. The number of nitrogen functional groups attached to an aromatic ring is 1. The number of ether oxygens (including phenoxy) is 3. The van der Waals surface area contributed by atoms with E-state index in [9.17, 15) is 4.79 Å². The van der Waals surface area contributed by atoms with Crippen molar-refractivity contribution in [2.24, 2.45) is 0 Å². The van der Waals surface area contributed by atoms with Crippen molar-refractivity contribution in [2.75, 3.05) is 19.1 Å². The second-order valence-electron chi connectivity index (χ2n) is 11.7. The van der Waals surface area contributed by atoms with Crippen LogP contribution in [0.15, 0.2) is 28.5 Å². The van der Waals surface area contributed by atoms with E-state index in [2.05, 4.69) is 41.5 Å². The summed E-state index contributed by atoms with van der Waals surface area (Å²) in [5.74, 6) is 1.89. The molecular weight excluding hydrogens is 611 g/mol. The molecule has 206 valence electrons. The van der Waals surface area contributed by atoms with E-state index in [1.807, 2.05) is 34.6 Å². The average molecular weight is 649 g/mol. The third-order valence-corrected chi connectivity index (χ3v) is 13.4. The standard InChI is InChI=1S/C23H29N6O4S.3CH3.Sn/c1-14(2)28(22(30)33-23(3,4)5)9-6-10-29-20-18(19(24)25-12-26-20)27-21(29)34-15-7-8-16-17(11-15)32-13-31-16;;;;/h8,11-12,14H,6,9-10,13H2,1-5H3,(H2,24,25,26);3*1H3;. The Kier molecular flexibility index (Phi) is 8.27. The first kappa shape index (κ1) is 28.6. The number of rotatable bonds is 8. The van der Waals surface area contributed by atoms with Crippen LogP contribution < -0.4 is 18.8 Å². The first-order valence-electron chi connectivity index (χ1n) is 12.8. The van der Waals surface area contributed by atoms with Gasteiger partial charge in [-0.05, 0) is 20.8 Å². The van der Waals surface area contributed by atoms with Gasteiger partial charge in [0.2, 0.25) is 0 Å². The molecule has 2 N–H and O–H groups in total. The van der Waals surface area contributed by atoms with Crippen LogP contribution in [0.25, 0.3) is 11.2 Å². The van der Waals surface area contributed by atoms with E-state index in [0.717, 1.165) is 21.6 Å². The van der Waals surface area contributed by atoms with Crippen molar-refractivity contribution >= 4 is 56.8 Å². The number of hydrogen-bond donors (Lipinski definition) is 1. The van der Waals surface area contributed by atoms with Gasteiger partial charge in [0.25, 0.3) is 0 Å². The summed E-state index contributed by atoms with van der Waals surface area (Å²) in [7, 11) is 0. The predicted octanol–water partition coefficient (Wildman–Crippen LogP) is 4.87. The summed E-state index contributed by atoms with van der Waals surface area (Å²) < 4.78 is 20.4. The molecule has 0 saturated carbocycles. The number of carbonyl (C=O) groups is 1. The van der Waals surface area contributed by atoms with Crippen LogP contribution in [0.4, 0.5) is 10.6 Å². The number of hydrogen-bond acceptors (Lipinski definition) is 9. The zero-order valence-corrected chi connectivity index (χ0v) is 27.2. The van der Waals surface area contributed by atoms with Crippen molar-refractivity contribution in [1.29, 1.82) is 0 Å².